The minimum absolute atomic E-state index is 0.803. The highest BCUT2D eigenvalue weighted by atomic mass is 32.2. The lowest BCUT2D eigenvalue weighted by Gasteiger charge is -2.29. The summed E-state index contributed by atoms with van der Waals surface area (Å²) in [6, 6.07) is 18.9. The van der Waals surface area contributed by atoms with Gasteiger partial charge in [-0.1, -0.05) is 42.5 Å². The van der Waals surface area contributed by atoms with Gasteiger partial charge in [0, 0.05) is 37.1 Å². The van der Waals surface area contributed by atoms with Crippen LogP contribution < -0.4 is 10.2 Å². The fourth-order valence-corrected chi connectivity index (χ4v) is 3.92. The Morgan fingerprint density at radius 3 is 2.62 bits per heavy atom. The van der Waals surface area contributed by atoms with Crippen LogP contribution in [-0.4, -0.2) is 40.1 Å². The number of hydrogen-bond donors (Lipinski definition) is 1. The maximum Gasteiger partial charge on any atom is 0.0992 e. The van der Waals surface area contributed by atoms with Gasteiger partial charge in [-0.2, -0.15) is 0 Å². The lowest BCUT2D eigenvalue weighted by molar-refractivity contribution is 0.122. The molecule has 1 N–H and O–H groups in total. The molecular weight excluding hydrogens is 342 g/mol. The molecule has 1 fully saturated rings. The molecule has 1 aliphatic heterocycles. The van der Waals surface area contributed by atoms with Crippen LogP contribution in [0.15, 0.2) is 64.6 Å². The van der Waals surface area contributed by atoms with E-state index in [2.05, 4.69) is 58.3 Å². The summed E-state index contributed by atoms with van der Waals surface area (Å²) in [7, 11) is 1.93. The second-order valence-corrected chi connectivity index (χ2v) is 7.00. The normalized spacial score (nSPS) is 15.3. The predicted octanol–water partition coefficient (Wildman–Crippen LogP) is 4.00. The monoisotopic (exact) mass is 367 g/mol. The maximum atomic E-state index is 5.45. The Labute approximate surface area is 160 Å². The van der Waals surface area contributed by atoms with E-state index in [9.17, 15) is 0 Å². The van der Waals surface area contributed by atoms with Crippen molar-refractivity contribution in [3.05, 3.63) is 70.8 Å². The topological polar surface area (TPSA) is 36.9 Å². The molecule has 0 atom stereocenters. The summed E-state index contributed by atoms with van der Waals surface area (Å²) in [5, 5.41) is 4.31. The molecular formula is C21H25N3OS. The van der Waals surface area contributed by atoms with Crippen LogP contribution in [0.4, 0.5) is 5.69 Å². The first kappa shape index (κ1) is 18.5. The van der Waals surface area contributed by atoms with Gasteiger partial charge in [0.05, 0.1) is 23.9 Å². The van der Waals surface area contributed by atoms with Crippen LogP contribution in [0.25, 0.3) is 5.70 Å². The molecule has 0 spiro atoms. The molecule has 5 heteroatoms. The van der Waals surface area contributed by atoms with Gasteiger partial charge in [0.25, 0.3) is 0 Å². The van der Waals surface area contributed by atoms with E-state index in [1.54, 1.807) is 11.8 Å². The highest BCUT2D eigenvalue weighted by Gasteiger charge is 2.12. The Bertz CT molecular complexity index is 755. The molecule has 26 heavy (non-hydrogen) atoms. The van der Waals surface area contributed by atoms with Gasteiger partial charge in [0.2, 0.25) is 0 Å². The van der Waals surface area contributed by atoms with E-state index in [0.29, 0.717) is 0 Å². The molecule has 0 amide bonds. The molecule has 1 aliphatic rings. The van der Waals surface area contributed by atoms with E-state index in [1.807, 2.05) is 25.2 Å². The number of rotatable bonds is 7. The highest BCUT2D eigenvalue weighted by Crippen LogP contribution is 2.29. The van der Waals surface area contributed by atoms with Crippen molar-refractivity contribution in [2.45, 2.75) is 5.75 Å². The van der Waals surface area contributed by atoms with Crippen LogP contribution in [0, 0.1) is 0 Å². The second-order valence-electron chi connectivity index (χ2n) is 6.01. The minimum Gasteiger partial charge on any atom is -0.381 e. The largest absolute Gasteiger partial charge is 0.381 e. The van der Waals surface area contributed by atoms with Gasteiger partial charge >= 0.3 is 0 Å². The first-order chi connectivity index (χ1) is 12.8. The average molecular weight is 368 g/mol. The summed E-state index contributed by atoms with van der Waals surface area (Å²) in [5.74, 6) is 0.875. The molecule has 0 aromatic heterocycles. The zero-order valence-corrected chi connectivity index (χ0v) is 16.0. The first-order valence-corrected chi connectivity index (χ1v) is 9.79. The number of aliphatic imine (C=N–C) groups is 1. The zero-order chi connectivity index (χ0) is 18.2. The summed E-state index contributed by atoms with van der Waals surface area (Å²) in [6.07, 6.45) is 0. The van der Waals surface area contributed by atoms with Gasteiger partial charge in [-0.05, 0) is 24.4 Å². The Morgan fingerprint density at radius 2 is 1.92 bits per heavy atom. The summed E-state index contributed by atoms with van der Waals surface area (Å²) in [4.78, 5) is 6.64. The average Bonchev–Trinajstić information content (AvgIpc) is 2.72. The molecule has 4 nitrogen and oxygen atoms in total. The van der Waals surface area contributed by atoms with Crippen LogP contribution in [0.1, 0.15) is 11.1 Å². The van der Waals surface area contributed by atoms with Crippen molar-refractivity contribution in [2.75, 3.05) is 38.3 Å². The molecule has 0 saturated carbocycles. The van der Waals surface area contributed by atoms with Crippen molar-refractivity contribution >= 4 is 29.9 Å². The Morgan fingerprint density at radius 1 is 1.15 bits per heavy atom. The maximum absolute atomic E-state index is 5.45. The summed E-state index contributed by atoms with van der Waals surface area (Å²) >= 11 is 1.75. The van der Waals surface area contributed by atoms with Crippen molar-refractivity contribution in [1.82, 2.24) is 5.32 Å². The molecule has 0 unspecified atom stereocenters. The molecule has 2 aromatic rings. The Balaban J connectivity index is 1.74. The van der Waals surface area contributed by atoms with Crippen molar-refractivity contribution in [3.8, 4) is 0 Å². The first-order valence-electron chi connectivity index (χ1n) is 8.80. The molecule has 0 bridgehead atoms. The van der Waals surface area contributed by atoms with Gasteiger partial charge in [-0.25, -0.2) is 0 Å². The number of benzene rings is 2. The summed E-state index contributed by atoms with van der Waals surface area (Å²) < 4.78 is 5.45. The standard InChI is InChI=1S/C21H25N3OS/c1-22-20(18-8-4-3-5-9-18)21(23-2)26-16-17-7-6-10-19(15-17)24-11-13-25-14-12-24/h3-10,15,23H,1,11-14,16H2,2H3/b21-20-. The summed E-state index contributed by atoms with van der Waals surface area (Å²) in [6.45, 7) is 7.27. The molecule has 0 radical (unpaired) electrons. The zero-order valence-electron chi connectivity index (χ0n) is 15.1. The number of hydrogen-bond acceptors (Lipinski definition) is 5. The quantitative estimate of drug-likeness (QED) is 0.751. The second kappa shape index (κ2) is 9.46. The molecule has 0 aliphatic carbocycles. The van der Waals surface area contributed by atoms with Crippen LogP contribution >= 0.6 is 11.8 Å². The van der Waals surface area contributed by atoms with E-state index in [-0.39, 0.29) is 0 Å². The lowest BCUT2D eigenvalue weighted by Crippen LogP contribution is -2.36. The Hall–Kier alpha value is -2.24. The van der Waals surface area contributed by atoms with Gasteiger partial charge in [-0.3, -0.25) is 4.99 Å². The third-order valence-corrected chi connectivity index (χ3v) is 5.48. The smallest absolute Gasteiger partial charge is 0.0992 e. The lowest BCUT2D eigenvalue weighted by atomic mass is 10.2. The fraction of sp³-hybridized carbons (Fsp3) is 0.286. The van der Waals surface area contributed by atoms with Gasteiger partial charge in [-0.15, -0.1) is 11.8 Å². The summed E-state index contributed by atoms with van der Waals surface area (Å²) in [5.41, 5.74) is 4.53. The Kier molecular flexibility index (Phi) is 6.75. The van der Waals surface area contributed by atoms with Crippen LogP contribution in [0.5, 0.6) is 0 Å². The highest BCUT2D eigenvalue weighted by molar-refractivity contribution is 8.02. The number of nitrogens with zero attached hydrogens (tertiary/aromatic N) is 2. The fourth-order valence-electron chi connectivity index (χ4n) is 2.97. The van der Waals surface area contributed by atoms with Gasteiger partial charge < -0.3 is 15.0 Å². The number of anilines is 1. The molecule has 2 aromatic carbocycles. The van der Waals surface area contributed by atoms with E-state index in [4.69, 9.17) is 4.74 Å². The number of morpholine rings is 1. The van der Waals surface area contributed by atoms with Crippen molar-refractivity contribution in [3.63, 3.8) is 0 Å². The van der Waals surface area contributed by atoms with Gasteiger partial charge in [0.15, 0.2) is 0 Å². The third kappa shape index (κ3) is 4.68. The SMILES string of the molecule is C=N/C(=C(/NC)SCc1cccc(N2CCOCC2)c1)c1ccccc1. The van der Waals surface area contributed by atoms with Crippen LogP contribution in [0.2, 0.25) is 0 Å². The van der Waals surface area contributed by atoms with Crippen molar-refractivity contribution < 1.29 is 4.74 Å². The van der Waals surface area contributed by atoms with E-state index >= 15 is 0 Å². The van der Waals surface area contributed by atoms with E-state index in [1.165, 1.54) is 11.3 Å². The van der Waals surface area contributed by atoms with E-state index < -0.39 is 0 Å². The number of ether oxygens (including phenoxy) is 1. The number of nitrogens with one attached hydrogen (secondary N) is 1. The van der Waals surface area contributed by atoms with Crippen molar-refractivity contribution in [1.29, 1.82) is 0 Å². The van der Waals surface area contributed by atoms with Gasteiger partial charge in [0.1, 0.15) is 0 Å². The van der Waals surface area contributed by atoms with E-state index in [0.717, 1.165) is 48.3 Å². The molecule has 1 heterocycles. The third-order valence-electron chi connectivity index (χ3n) is 4.32. The molecule has 1 saturated heterocycles. The number of thioether (sulfide) groups is 1. The van der Waals surface area contributed by atoms with Crippen LogP contribution in [-0.2, 0) is 10.5 Å². The van der Waals surface area contributed by atoms with Crippen molar-refractivity contribution in [2.24, 2.45) is 4.99 Å². The minimum atomic E-state index is 0.803. The molecule has 136 valence electrons. The van der Waals surface area contributed by atoms with Crippen LogP contribution in [0.3, 0.4) is 0 Å². The molecule has 3 rings (SSSR count). The predicted molar refractivity (Wildman–Crippen MR) is 113 cm³/mol.